The van der Waals surface area contributed by atoms with Gasteiger partial charge in [-0.2, -0.15) is 0 Å². The molecule has 0 aliphatic heterocycles. The van der Waals surface area contributed by atoms with Gasteiger partial charge < -0.3 is 5.32 Å². The molecule has 0 aliphatic rings. The summed E-state index contributed by atoms with van der Waals surface area (Å²) in [5.74, 6) is -0.277. The smallest absolute Gasteiger partial charge is 0.221 e. The Balaban J connectivity index is 2.06. The van der Waals surface area contributed by atoms with E-state index in [-0.39, 0.29) is 11.7 Å². The van der Waals surface area contributed by atoms with E-state index in [1.165, 1.54) is 18.3 Å². The molecule has 4 heteroatoms. The number of carbonyl (C=O) groups excluding carboxylic acids is 2. The van der Waals surface area contributed by atoms with Crippen LogP contribution in [0.3, 0.4) is 0 Å². The van der Waals surface area contributed by atoms with Crippen LogP contribution in [-0.2, 0) is 4.79 Å². The third-order valence-electron chi connectivity index (χ3n) is 3.36. The van der Waals surface area contributed by atoms with Gasteiger partial charge in [-0.25, -0.2) is 0 Å². The highest BCUT2D eigenvalue weighted by Gasteiger charge is 2.19. The van der Waals surface area contributed by atoms with Gasteiger partial charge in [-0.1, -0.05) is 60.7 Å². The zero-order chi connectivity index (χ0) is 16.2. The Hall–Kier alpha value is -2.72. The van der Waals surface area contributed by atoms with Crippen LogP contribution < -0.4 is 5.32 Å². The van der Waals surface area contributed by atoms with Crippen molar-refractivity contribution in [3.05, 3.63) is 77.9 Å². The van der Waals surface area contributed by atoms with E-state index in [1.54, 1.807) is 12.1 Å². The van der Waals surface area contributed by atoms with Gasteiger partial charge >= 0.3 is 0 Å². The third kappa shape index (κ3) is 3.38. The average molecular weight is 321 g/mol. The van der Waals surface area contributed by atoms with Gasteiger partial charge in [-0.15, -0.1) is 11.3 Å². The Bertz CT molecular complexity index is 838. The van der Waals surface area contributed by atoms with Crippen LogP contribution in [0.15, 0.2) is 66.7 Å². The van der Waals surface area contributed by atoms with Gasteiger partial charge in [-0.05, 0) is 11.6 Å². The molecule has 1 aromatic heterocycles. The summed E-state index contributed by atoms with van der Waals surface area (Å²) >= 11 is 1.41. The third-order valence-corrected chi connectivity index (χ3v) is 4.46. The Kier molecular flexibility index (Phi) is 4.35. The first kappa shape index (κ1) is 15.2. The van der Waals surface area contributed by atoms with Crippen molar-refractivity contribution in [1.29, 1.82) is 0 Å². The number of carbonyl (C=O) groups is 2. The zero-order valence-electron chi connectivity index (χ0n) is 12.6. The van der Waals surface area contributed by atoms with Crippen LogP contribution in [0.2, 0.25) is 0 Å². The van der Waals surface area contributed by atoms with Gasteiger partial charge in [0, 0.05) is 17.4 Å². The Morgan fingerprint density at radius 2 is 1.52 bits per heavy atom. The van der Waals surface area contributed by atoms with Gasteiger partial charge in [0.15, 0.2) is 5.78 Å². The van der Waals surface area contributed by atoms with Crippen molar-refractivity contribution in [1.82, 2.24) is 0 Å². The van der Waals surface area contributed by atoms with Gasteiger partial charge in [0.2, 0.25) is 5.91 Å². The number of hydrogen-bond acceptors (Lipinski definition) is 3. The number of anilines is 1. The summed E-state index contributed by atoms with van der Waals surface area (Å²) in [5.41, 5.74) is 2.16. The van der Waals surface area contributed by atoms with Crippen molar-refractivity contribution < 1.29 is 9.59 Å². The minimum absolute atomic E-state index is 0.0900. The molecule has 23 heavy (non-hydrogen) atoms. The lowest BCUT2D eigenvalue weighted by Gasteiger charge is -2.03. The first-order valence-electron chi connectivity index (χ1n) is 7.22. The van der Waals surface area contributed by atoms with E-state index in [4.69, 9.17) is 0 Å². The van der Waals surface area contributed by atoms with Gasteiger partial charge in [0.25, 0.3) is 0 Å². The number of nitrogens with one attached hydrogen (secondary N) is 1. The number of thiophene rings is 1. The summed E-state index contributed by atoms with van der Waals surface area (Å²) in [4.78, 5) is 25.2. The minimum atomic E-state index is -0.187. The summed E-state index contributed by atoms with van der Waals surface area (Å²) in [6, 6.07) is 20.7. The normalized spacial score (nSPS) is 10.3. The number of ketones is 1. The van der Waals surface area contributed by atoms with Crippen molar-refractivity contribution in [3.63, 3.8) is 0 Å². The molecular weight excluding hydrogens is 306 g/mol. The summed E-state index contributed by atoms with van der Waals surface area (Å²) in [7, 11) is 0. The van der Waals surface area contributed by atoms with Gasteiger partial charge in [0.1, 0.15) is 5.00 Å². The summed E-state index contributed by atoms with van der Waals surface area (Å²) in [5, 5.41) is 3.36. The zero-order valence-corrected chi connectivity index (χ0v) is 13.4. The molecule has 1 heterocycles. The molecule has 3 rings (SSSR count). The predicted octanol–water partition coefficient (Wildman–Crippen LogP) is 4.60. The lowest BCUT2D eigenvalue weighted by atomic mass is 10.0. The van der Waals surface area contributed by atoms with Crippen LogP contribution in [-0.4, -0.2) is 11.7 Å². The molecule has 0 unspecified atom stereocenters. The molecule has 0 atom stereocenters. The van der Waals surface area contributed by atoms with Crippen molar-refractivity contribution >= 4 is 28.0 Å². The largest absolute Gasteiger partial charge is 0.317 e. The van der Waals surface area contributed by atoms with Gasteiger partial charge in [0.05, 0.1) is 5.56 Å². The molecule has 0 bridgehead atoms. The first-order valence-corrected chi connectivity index (χ1v) is 8.03. The quantitative estimate of drug-likeness (QED) is 0.714. The highest BCUT2D eigenvalue weighted by molar-refractivity contribution is 7.20. The van der Waals surface area contributed by atoms with Crippen molar-refractivity contribution in [3.8, 4) is 10.4 Å². The van der Waals surface area contributed by atoms with Crippen molar-refractivity contribution in [2.75, 3.05) is 5.32 Å². The molecule has 2 aromatic carbocycles. The molecular formula is C19H15NO2S. The molecule has 1 amide bonds. The number of rotatable bonds is 4. The maximum absolute atomic E-state index is 12.7. The van der Waals surface area contributed by atoms with Crippen LogP contribution in [0.1, 0.15) is 22.8 Å². The number of benzene rings is 2. The second kappa shape index (κ2) is 6.58. The predicted molar refractivity (Wildman–Crippen MR) is 93.9 cm³/mol. The van der Waals surface area contributed by atoms with E-state index in [0.717, 1.165) is 10.4 Å². The Morgan fingerprint density at radius 1 is 0.913 bits per heavy atom. The lowest BCUT2D eigenvalue weighted by Crippen LogP contribution is -2.09. The van der Waals surface area contributed by atoms with Crippen LogP contribution in [0, 0.1) is 0 Å². The Labute approximate surface area is 138 Å². The molecule has 0 spiro atoms. The molecule has 0 saturated carbocycles. The van der Waals surface area contributed by atoms with Crippen LogP contribution in [0.25, 0.3) is 10.4 Å². The molecule has 114 valence electrons. The monoisotopic (exact) mass is 321 g/mol. The summed E-state index contributed by atoms with van der Waals surface area (Å²) < 4.78 is 0. The minimum Gasteiger partial charge on any atom is -0.317 e. The van der Waals surface area contributed by atoms with Crippen LogP contribution >= 0.6 is 11.3 Å². The van der Waals surface area contributed by atoms with E-state index in [0.29, 0.717) is 16.1 Å². The molecule has 0 aliphatic carbocycles. The molecule has 3 aromatic rings. The maximum Gasteiger partial charge on any atom is 0.221 e. The second-order valence-corrected chi connectivity index (χ2v) is 6.15. The standard InChI is InChI=1S/C19H15NO2S/c1-13(21)20-19-16(18(22)15-10-6-3-7-11-15)12-17(23-19)14-8-4-2-5-9-14/h2-12H,1H3,(H,20,21). The Morgan fingerprint density at radius 3 is 2.13 bits per heavy atom. The lowest BCUT2D eigenvalue weighted by molar-refractivity contribution is -0.114. The fourth-order valence-corrected chi connectivity index (χ4v) is 3.41. The topological polar surface area (TPSA) is 46.2 Å². The number of hydrogen-bond donors (Lipinski definition) is 1. The molecule has 3 nitrogen and oxygen atoms in total. The van der Waals surface area contributed by atoms with E-state index in [1.807, 2.05) is 54.6 Å². The maximum atomic E-state index is 12.7. The van der Waals surface area contributed by atoms with E-state index in [9.17, 15) is 9.59 Å². The molecule has 0 fully saturated rings. The fourth-order valence-electron chi connectivity index (χ4n) is 2.30. The molecule has 0 saturated heterocycles. The van der Waals surface area contributed by atoms with Crippen molar-refractivity contribution in [2.45, 2.75) is 6.92 Å². The van der Waals surface area contributed by atoms with E-state index in [2.05, 4.69) is 5.32 Å². The summed E-state index contributed by atoms with van der Waals surface area (Å²) in [6.45, 7) is 1.44. The van der Waals surface area contributed by atoms with E-state index >= 15 is 0 Å². The molecule has 1 N–H and O–H groups in total. The summed E-state index contributed by atoms with van der Waals surface area (Å²) in [6.07, 6.45) is 0. The number of amides is 1. The van der Waals surface area contributed by atoms with Crippen molar-refractivity contribution in [2.24, 2.45) is 0 Å². The van der Waals surface area contributed by atoms with Crippen LogP contribution in [0.4, 0.5) is 5.00 Å². The molecule has 0 radical (unpaired) electrons. The fraction of sp³-hybridized carbons (Fsp3) is 0.0526. The first-order chi connectivity index (χ1) is 11.1. The van der Waals surface area contributed by atoms with Crippen LogP contribution in [0.5, 0.6) is 0 Å². The average Bonchev–Trinajstić information content (AvgIpc) is 2.99. The van der Waals surface area contributed by atoms with E-state index < -0.39 is 0 Å². The SMILES string of the molecule is CC(=O)Nc1sc(-c2ccccc2)cc1C(=O)c1ccccc1. The second-order valence-electron chi connectivity index (χ2n) is 5.10. The highest BCUT2D eigenvalue weighted by atomic mass is 32.1. The van der Waals surface area contributed by atoms with Gasteiger partial charge in [-0.3, -0.25) is 9.59 Å². The highest BCUT2D eigenvalue weighted by Crippen LogP contribution is 2.36.